The van der Waals surface area contributed by atoms with Crippen molar-refractivity contribution in [3.63, 3.8) is 0 Å². The molecule has 1 aromatic carbocycles. The standard InChI is InChI=1S/C20H21FN4O3/c21-13-3-5-14(6-4-13)23-19(26)15-10-12-11-25(8-7-16(12)24-18(15)22)20(27)17-2-1-9-28-17/h3-6,10,17H,1-2,7-9,11H2,(H2,22,24)(H,23,26). The summed E-state index contributed by atoms with van der Waals surface area (Å²) in [4.78, 5) is 31.3. The highest BCUT2D eigenvalue weighted by Gasteiger charge is 2.31. The Kier molecular flexibility index (Phi) is 4.95. The van der Waals surface area contributed by atoms with Crippen LogP contribution in [0.3, 0.4) is 0 Å². The van der Waals surface area contributed by atoms with E-state index < -0.39 is 5.91 Å². The summed E-state index contributed by atoms with van der Waals surface area (Å²) >= 11 is 0. The first-order chi connectivity index (χ1) is 13.5. The van der Waals surface area contributed by atoms with E-state index in [0.717, 1.165) is 24.1 Å². The second-order valence-corrected chi connectivity index (χ2v) is 7.00. The average Bonchev–Trinajstić information content (AvgIpc) is 3.23. The fraction of sp³-hybridized carbons (Fsp3) is 0.350. The Morgan fingerprint density at radius 2 is 2.07 bits per heavy atom. The number of ether oxygens (including phenoxy) is 1. The minimum Gasteiger partial charge on any atom is -0.383 e. The molecule has 0 saturated carbocycles. The van der Waals surface area contributed by atoms with Gasteiger partial charge >= 0.3 is 0 Å². The number of hydrogen-bond acceptors (Lipinski definition) is 5. The number of carbonyl (C=O) groups is 2. The maximum absolute atomic E-state index is 13.0. The van der Waals surface area contributed by atoms with Crippen molar-refractivity contribution in [1.82, 2.24) is 9.88 Å². The molecular formula is C20H21FN4O3. The second-order valence-electron chi connectivity index (χ2n) is 7.00. The van der Waals surface area contributed by atoms with E-state index in [-0.39, 0.29) is 29.2 Å². The van der Waals surface area contributed by atoms with Crippen molar-refractivity contribution in [2.24, 2.45) is 0 Å². The van der Waals surface area contributed by atoms with E-state index in [1.54, 1.807) is 11.0 Å². The summed E-state index contributed by atoms with van der Waals surface area (Å²) < 4.78 is 18.5. The molecule has 0 radical (unpaired) electrons. The highest BCUT2D eigenvalue weighted by Crippen LogP contribution is 2.25. The zero-order valence-electron chi connectivity index (χ0n) is 15.3. The lowest BCUT2D eigenvalue weighted by Crippen LogP contribution is -2.42. The van der Waals surface area contributed by atoms with Crippen LogP contribution in [0, 0.1) is 5.82 Å². The largest absolute Gasteiger partial charge is 0.383 e. The molecule has 2 aromatic rings. The van der Waals surface area contributed by atoms with Gasteiger partial charge in [-0.25, -0.2) is 9.37 Å². The van der Waals surface area contributed by atoms with Crippen molar-refractivity contribution in [1.29, 1.82) is 0 Å². The number of aromatic nitrogens is 1. The zero-order chi connectivity index (χ0) is 19.7. The number of benzene rings is 1. The SMILES string of the molecule is Nc1nc2c(cc1C(=O)Nc1ccc(F)cc1)CN(C(=O)C1CCCO1)CC2. The van der Waals surface area contributed by atoms with Crippen molar-refractivity contribution in [3.8, 4) is 0 Å². The molecule has 0 aliphatic carbocycles. The first kappa shape index (κ1) is 18.4. The third-order valence-corrected chi connectivity index (χ3v) is 5.06. The normalized spacial score (nSPS) is 18.6. The maximum Gasteiger partial charge on any atom is 0.259 e. The van der Waals surface area contributed by atoms with Crippen LogP contribution < -0.4 is 11.1 Å². The van der Waals surface area contributed by atoms with Gasteiger partial charge in [0, 0.05) is 37.5 Å². The number of anilines is 2. The zero-order valence-corrected chi connectivity index (χ0v) is 15.3. The fourth-order valence-corrected chi connectivity index (χ4v) is 3.57. The lowest BCUT2D eigenvalue weighted by Gasteiger charge is -2.30. The van der Waals surface area contributed by atoms with Crippen LogP contribution in [0.5, 0.6) is 0 Å². The number of pyridine rings is 1. The van der Waals surface area contributed by atoms with E-state index in [0.29, 0.717) is 31.8 Å². The number of amides is 2. The van der Waals surface area contributed by atoms with Gasteiger partial charge < -0.3 is 20.7 Å². The van der Waals surface area contributed by atoms with Gasteiger partial charge in [0.25, 0.3) is 11.8 Å². The molecule has 1 atom stereocenters. The van der Waals surface area contributed by atoms with Crippen LogP contribution in [0.15, 0.2) is 30.3 Å². The van der Waals surface area contributed by atoms with E-state index in [2.05, 4.69) is 10.3 Å². The van der Waals surface area contributed by atoms with Crippen LogP contribution >= 0.6 is 0 Å². The molecule has 8 heteroatoms. The molecule has 0 spiro atoms. The number of fused-ring (bicyclic) bond motifs is 1. The number of halogens is 1. The van der Waals surface area contributed by atoms with E-state index in [9.17, 15) is 14.0 Å². The highest BCUT2D eigenvalue weighted by atomic mass is 19.1. The molecule has 2 aliphatic heterocycles. The van der Waals surface area contributed by atoms with Crippen molar-refractivity contribution in [3.05, 3.63) is 53.0 Å². The monoisotopic (exact) mass is 384 g/mol. The Hall–Kier alpha value is -3.00. The average molecular weight is 384 g/mol. The van der Waals surface area contributed by atoms with Crippen LogP contribution in [-0.2, 0) is 22.5 Å². The van der Waals surface area contributed by atoms with Gasteiger partial charge in [0.2, 0.25) is 0 Å². The van der Waals surface area contributed by atoms with Gasteiger partial charge in [-0.1, -0.05) is 0 Å². The molecule has 4 rings (SSSR count). The van der Waals surface area contributed by atoms with Gasteiger partial charge in [0.1, 0.15) is 17.7 Å². The van der Waals surface area contributed by atoms with Crippen LogP contribution in [0.2, 0.25) is 0 Å². The second kappa shape index (κ2) is 7.55. The Balaban J connectivity index is 1.52. The number of hydrogen-bond donors (Lipinski definition) is 2. The number of nitrogen functional groups attached to an aromatic ring is 1. The first-order valence-electron chi connectivity index (χ1n) is 9.27. The molecule has 2 amide bonds. The molecular weight excluding hydrogens is 363 g/mol. The van der Waals surface area contributed by atoms with Gasteiger partial charge in [-0.3, -0.25) is 9.59 Å². The van der Waals surface area contributed by atoms with Crippen LogP contribution in [-0.4, -0.2) is 41.0 Å². The van der Waals surface area contributed by atoms with E-state index in [1.165, 1.54) is 24.3 Å². The smallest absolute Gasteiger partial charge is 0.259 e. The third kappa shape index (κ3) is 3.68. The van der Waals surface area contributed by atoms with Gasteiger partial charge in [-0.2, -0.15) is 0 Å². The molecule has 0 bridgehead atoms. The quantitative estimate of drug-likeness (QED) is 0.845. The minimum absolute atomic E-state index is 0.0164. The predicted molar refractivity (Wildman–Crippen MR) is 101 cm³/mol. The van der Waals surface area contributed by atoms with Gasteiger partial charge in [0.05, 0.1) is 5.56 Å². The summed E-state index contributed by atoms with van der Waals surface area (Å²) in [5.41, 5.74) is 8.27. The first-order valence-corrected chi connectivity index (χ1v) is 9.27. The highest BCUT2D eigenvalue weighted by molar-refractivity contribution is 6.07. The number of nitrogens with two attached hydrogens (primary N) is 1. The maximum atomic E-state index is 13.0. The van der Waals surface area contributed by atoms with E-state index in [4.69, 9.17) is 10.5 Å². The summed E-state index contributed by atoms with van der Waals surface area (Å²) in [7, 11) is 0. The Labute approximate surface area is 161 Å². The topological polar surface area (TPSA) is 97.5 Å². The molecule has 3 N–H and O–H groups in total. The molecule has 2 aliphatic rings. The van der Waals surface area contributed by atoms with Crippen LogP contribution in [0.25, 0.3) is 0 Å². The Morgan fingerprint density at radius 1 is 1.29 bits per heavy atom. The van der Waals surface area contributed by atoms with Gasteiger partial charge in [-0.05, 0) is 48.7 Å². The number of nitrogens with zero attached hydrogens (tertiary/aromatic N) is 2. The summed E-state index contributed by atoms with van der Waals surface area (Å²) in [6, 6.07) is 7.15. The molecule has 146 valence electrons. The molecule has 28 heavy (non-hydrogen) atoms. The molecule has 7 nitrogen and oxygen atoms in total. The van der Waals surface area contributed by atoms with E-state index in [1.807, 2.05) is 0 Å². The van der Waals surface area contributed by atoms with Crippen molar-refractivity contribution in [2.75, 3.05) is 24.2 Å². The summed E-state index contributed by atoms with van der Waals surface area (Å²) in [5, 5.41) is 2.69. The molecule has 3 heterocycles. The van der Waals surface area contributed by atoms with Crippen LogP contribution in [0.4, 0.5) is 15.9 Å². The Bertz CT molecular complexity index is 910. The molecule has 1 aromatic heterocycles. The molecule has 1 unspecified atom stereocenters. The number of carbonyl (C=O) groups excluding carboxylic acids is 2. The number of nitrogens with one attached hydrogen (secondary N) is 1. The number of rotatable bonds is 3. The third-order valence-electron chi connectivity index (χ3n) is 5.06. The van der Waals surface area contributed by atoms with Gasteiger partial charge in [-0.15, -0.1) is 0 Å². The summed E-state index contributed by atoms with van der Waals surface area (Å²) in [6.45, 7) is 1.55. The lowest BCUT2D eigenvalue weighted by molar-refractivity contribution is -0.141. The molecule has 1 fully saturated rings. The fourth-order valence-electron chi connectivity index (χ4n) is 3.57. The summed E-state index contributed by atoms with van der Waals surface area (Å²) in [6.07, 6.45) is 1.85. The van der Waals surface area contributed by atoms with Crippen molar-refractivity contribution >= 4 is 23.3 Å². The predicted octanol–water partition coefficient (Wildman–Crippen LogP) is 2.12. The van der Waals surface area contributed by atoms with Crippen molar-refractivity contribution in [2.45, 2.75) is 31.9 Å². The Morgan fingerprint density at radius 3 is 2.79 bits per heavy atom. The lowest BCUT2D eigenvalue weighted by atomic mass is 10.0. The van der Waals surface area contributed by atoms with Crippen LogP contribution in [0.1, 0.15) is 34.5 Å². The van der Waals surface area contributed by atoms with Crippen molar-refractivity contribution < 1.29 is 18.7 Å². The molecule has 1 saturated heterocycles. The van der Waals surface area contributed by atoms with Gasteiger partial charge in [0.15, 0.2) is 0 Å². The minimum atomic E-state index is -0.429. The van der Waals surface area contributed by atoms with E-state index >= 15 is 0 Å². The summed E-state index contributed by atoms with van der Waals surface area (Å²) in [5.74, 6) is -0.694.